The average molecular weight is 369 g/mol. The number of hydrogen-bond donors (Lipinski definition) is 1. The van der Waals surface area contributed by atoms with E-state index in [4.69, 9.17) is 4.74 Å². The molecule has 1 aromatic heterocycles. The van der Waals surface area contributed by atoms with Gasteiger partial charge in [-0.05, 0) is 42.0 Å². The van der Waals surface area contributed by atoms with Gasteiger partial charge in [-0.25, -0.2) is 0 Å². The summed E-state index contributed by atoms with van der Waals surface area (Å²) in [6.07, 6.45) is 0.781. The quantitative estimate of drug-likeness (QED) is 0.722. The molecule has 0 aliphatic carbocycles. The van der Waals surface area contributed by atoms with E-state index < -0.39 is 6.61 Å². The maximum Gasteiger partial charge on any atom is 0.387 e. The van der Waals surface area contributed by atoms with Gasteiger partial charge in [0.15, 0.2) is 11.5 Å². The molecule has 1 aromatic carbocycles. The summed E-state index contributed by atoms with van der Waals surface area (Å²) < 4.78 is 34.5. The minimum atomic E-state index is -2.99. The number of hydrogen-bond acceptors (Lipinski definition) is 4. The Morgan fingerprint density at radius 2 is 2.00 bits per heavy atom. The molecule has 136 valence electrons. The largest absolute Gasteiger partial charge is 0.493 e. The fourth-order valence-corrected chi connectivity index (χ4v) is 3.25. The van der Waals surface area contributed by atoms with Crippen molar-refractivity contribution in [3.05, 3.63) is 46.2 Å². The molecule has 0 saturated heterocycles. The van der Waals surface area contributed by atoms with Crippen molar-refractivity contribution in [3.63, 3.8) is 0 Å². The third-order valence-electron chi connectivity index (χ3n) is 3.54. The summed E-state index contributed by atoms with van der Waals surface area (Å²) in [5.74, 6) is 0.0253. The molecule has 1 N–H and O–H groups in total. The number of carbonyl (C=O) groups is 1. The number of alkyl halides is 2. The average Bonchev–Trinajstić information content (AvgIpc) is 3.07. The summed E-state index contributed by atoms with van der Waals surface area (Å²) >= 11 is 1.57. The summed E-state index contributed by atoms with van der Waals surface area (Å²) in [6.45, 7) is 1.16. The molecule has 2 aromatic rings. The van der Waals surface area contributed by atoms with E-state index in [2.05, 4.69) is 23.9 Å². The molecule has 0 aliphatic rings. The van der Waals surface area contributed by atoms with Gasteiger partial charge < -0.3 is 14.8 Å². The van der Waals surface area contributed by atoms with Gasteiger partial charge in [-0.2, -0.15) is 8.78 Å². The first-order valence-corrected chi connectivity index (χ1v) is 8.75. The van der Waals surface area contributed by atoms with E-state index in [1.165, 1.54) is 25.3 Å². The minimum Gasteiger partial charge on any atom is -0.493 e. The molecular weight excluding hydrogens is 348 g/mol. The molecule has 25 heavy (non-hydrogen) atoms. The molecule has 0 spiro atoms. The number of benzene rings is 1. The molecule has 0 fully saturated rings. The lowest BCUT2D eigenvalue weighted by molar-refractivity contribution is -0.0512. The molecule has 0 bridgehead atoms. The zero-order valence-corrected chi connectivity index (χ0v) is 15.1. The van der Waals surface area contributed by atoms with Crippen molar-refractivity contribution >= 4 is 17.2 Å². The van der Waals surface area contributed by atoms with Crippen molar-refractivity contribution in [2.24, 2.45) is 5.92 Å². The topological polar surface area (TPSA) is 47.6 Å². The molecule has 4 nitrogen and oxygen atoms in total. The van der Waals surface area contributed by atoms with E-state index in [0.717, 1.165) is 11.3 Å². The zero-order valence-electron chi connectivity index (χ0n) is 14.3. The van der Waals surface area contributed by atoms with Crippen LogP contribution in [0.1, 0.15) is 41.5 Å². The number of methoxy groups -OCH3 is 1. The van der Waals surface area contributed by atoms with Gasteiger partial charge in [0.25, 0.3) is 5.91 Å². The maximum atomic E-state index is 12.6. The van der Waals surface area contributed by atoms with Gasteiger partial charge in [-0.3, -0.25) is 4.79 Å². The van der Waals surface area contributed by atoms with E-state index in [-0.39, 0.29) is 29.0 Å². The molecular formula is C18H21F2NO3S. The van der Waals surface area contributed by atoms with Crippen molar-refractivity contribution in [2.75, 3.05) is 7.11 Å². The van der Waals surface area contributed by atoms with Crippen LogP contribution in [0.2, 0.25) is 0 Å². The number of amides is 1. The Kier molecular flexibility index (Phi) is 6.75. The number of thiophene rings is 1. The van der Waals surface area contributed by atoms with Gasteiger partial charge in [-0.1, -0.05) is 19.9 Å². The molecule has 0 saturated carbocycles. The fourth-order valence-electron chi connectivity index (χ4n) is 2.45. The monoisotopic (exact) mass is 369 g/mol. The van der Waals surface area contributed by atoms with Crippen LogP contribution in [0.15, 0.2) is 35.7 Å². The van der Waals surface area contributed by atoms with Crippen LogP contribution in [0.25, 0.3) is 0 Å². The fraction of sp³-hybridized carbons (Fsp3) is 0.389. The van der Waals surface area contributed by atoms with E-state index in [1.807, 2.05) is 17.5 Å². The van der Waals surface area contributed by atoms with Crippen LogP contribution in [0.4, 0.5) is 8.78 Å². The predicted octanol–water partition coefficient (Wildman–Crippen LogP) is 4.88. The predicted molar refractivity (Wildman–Crippen MR) is 93.6 cm³/mol. The first-order chi connectivity index (χ1) is 11.9. The van der Waals surface area contributed by atoms with Crippen molar-refractivity contribution in [2.45, 2.75) is 32.9 Å². The first kappa shape index (κ1) is 19.2. The van der Waals surface area contributed by atoms with Crippen molar-refractivity contribution < 1.29 is 23.0 Å². The van der Waals surface area contributed by atoms with E-state index in [1.54, 1.807) is 11.3 Å². The highest BCUT2D eigenvalue weighted by Crippen LogP contribution is 2.30. The summed E-state index contributed by atoms with van der Waals surface area (Å²) in [7, 11) is 1.35. The molecule has 7 heteroatoms. The normalized spacial score (nSPS) is 12.3. The van der Waals surface area contributed by atoms with Crippen LogP contribution in [-0.2, 0) is 0 Å². The Labute approximate surface area is 149 Å². The SMILES string of the molecule is COc1ccc(C(=O)NC(CC(C)C)c2cccs2)cc1OC(F)F. The standard InChI is InChI=1S/C18H21F2NO3S/c1-11(2)9-13(16-5-4-8-25-16)21-17(22)12-6-7-14(23-3)15(10-12)24-18(19)20/h4-8,10-11,13,18H,9H2,1-3H3,(H,21,22). The van der Waals surface area contributed by atoms with Crippen molar-refractivity contribution in [1.29, 1.82) is 0 Å². The van der Waals surface area contributed by atoms with Gasteiger partial charge in [0.2, 0.25) is 0 Å². The Morgan fingerprint density at radius 1 is 1.24 bits per heavy atom. The van der Waals surface area contributed by atoms with Crippen LogP contribution < -0.4 is 14.8 Å². The van der Waals surface area contributed by atoms with E-state index in [0.29, 0.717) is 5.92 Å². The van der Waals surface area contributed by atoms with Gasteiger partial charge in [0, 0.05) is 10.4 Å². The van der Waals surface area contributed by atoms with Gasteiger partial charge >= 0.3 is 6.61 Å². The lowest BCUT2D eigenvalue weighted by Crippen LogP contribution is -2.29. The Bertz CT molecular complexity index is 690. The van der Waals surface area contributed by atoms with Crippen LogP contribution >= 0.6 is 11.3 Å². The van der Waals surface area contributed by atoms with E-state index >= 15 is 0 Å². The highest BCUT2D eigenvalue weighted by Gasteiger charge is 2.20. The summed E-state index contributed by atoms with van der Waals surface area (Å²) in [5, 5.41) is 4.93. The van der Waals surface area contributed by atoms with Crippen LogP contribution in [-0.4, -0.2) is 19.6 Å². The van der Waals surface area contributed by atoms with Gasteiger partial charge in [0.05, 0.1) is 13.2 Å². The second-order valence-electron chi connectivity index (χ2n) is 5.92. The highest BCUT2D eigenvalue weighted by molar-refractivity contribution is 7.10. The molecule has 0 radical (unpaired) electrons. The van der Waals surface area contributed by atoms with Crippen molar-refractivity contribution in [3.8, 4) is 11.5 Å². The Balaban J connectivity index is 2.20. The molecule has 2 rings (SSSR count). The Morgan fingerprint density at radius 3 is 2.56 bits per heavy atom. The molecule has 0 aliphatic heterocycles. The van der Waals surface area contributed by atoms with Crippen LogP contribution in [0.3, 0.4) is 0 Å². The smallest absolute Gasteiger partial charge is 0.387 e. The third-order valence-corrected chi connectivity index (χ3v) is 4.53. The molecule has 1 unspecified atom stereocenters. The van der Waals surface area contributed by atoms with Crippen molar-refractivity contribution in [1.82, 2.24) is 5.32 Å². The summed E-state index contributed by atoms with van der Waals surface area (Å²) in [6, 6.07) is 8.00. The lowest BCUT2D eigenvalue weighted by atomic mass is 10.0. The maximum absolute atomic E-state index is 12.6. The van der Waals surface area contributed by atoms with E-state index in [9.17, 15) is 13.6 Å². The van der Waals surface area contributed by atoms with Crippen LogP contribution in [0.5, 0.6) is 11.5 Å². The number of ether oxygens (including phenoxy) is 2. The first-order valence-electron chi connectivity index (χ1n) is 7.87. The molecule has 1 amide bonds. The lowest BCUT2D eigenvalue weighted by Gasteiger charge is -2.20. The minimum absolute atomic E-state index is 0.130. The van der Waals surface area contributed by atoms with Gasteiger partial charge in [0.1, 0.15) is 0 Å². The second-order valence-corrected chi connectivity index (χ2v) is 6.89. The third kappa shape index (κ3) is 5.42. The zero-order chi connectivity index (χ0) is 18.4. The Hall–Kier alpha value is -2.15. The van der Waals surface area contributed by atoms with Crippen LogP contribution in [0, 0.1) is 5.92 Å². The second kappa shape index (κ2) is 8.80. The number of carbonyl (C=O) groups excluding carboxylic acids is 1. The highest BCUT2D eigenvalue weighted by atomic mass is 32.1. The molecule has 1 atom stereocenters. The van der Waals surface area contributed by atoms with Gasteiger partial charge in [-0.15, -0.1) is 11.3 Å². The number of halogens is 2. The number of nitrogens with one attached hydrogen (secondary N) is 1. The summed E-state index contributed by atoms with van der Waals surface area (Å²) in [4.78, 5) is 13.6. The summed E-state index contributed by atoms with van der Waals surface area (Å²) in [5.41, 5.74) is 0.238. The number of rotatable bonds is 8. The molecule has 1 heterocycles.